The van der Waals surface area contributed by atoms with Gasteiger partial charge in [0.15, 0.2) is 0 Å². The van der Waals surface area contributed by atoms with Crippen LogP contribution in [0.1, 0.15) is 56.7 Å². The third kappa shape index (κ3) is 3.67. The van der Waals surface area contributed by atoms with Gasteiger partial charge in [-0.1, -0.05) is 54.9 Å². The molecular weight excluding hydrogens is 308 g/mol. The Labute approximate surface area is 133 Å². The van der Waals surface area contributed by atoms with Gasteiger partial charge in [0.25, 0.3) is 0 Å². The molecule has 0 aliphatic heterocycles. The van der Waals surface area contributed by atoms with E-state index in [1.165, 1.54) is 36.8 Å². The third-order valence-corrected chi connectivity index (χ3v) is 6.43. The van der Waals surface area contributed by atoms with Gasteiger partial charge < -0.3 is 0 Å². The molecule has 1 aliphatic carbocycles. The van der Waals surface area contributed by atoms with Crippen molar-refractivity contribution in [2.45, 2.75) is 65.1 Å². The van der Waals surface area contributed by atoms with Crippen LogP contribution in [0.5, 0.6) is 0 Å². The van der Waals surface area contributed by atoms with Crippen LogP contribution in [0.2, 0.25) is 0 Å². The Kier molecular flexibility index (Phi) is 5.00. The van der Waals surface area contributed by atoms with E-state index in [9.17, 15) is 0 Å². The molecule has 1 aromatic rings. The normalized spacial score (nSPS) is 27.6. The summed E-state index contributed by atoms with van der Waals surface area (Å²) in [5.74, 6) is 1.65. The topological polar surface area (TPSA) is 0 Å². The molecule has 2 rings (SSSR count). The fourth-order valence-electron chi connectivity index (χ4n) is 3.66. The number of alkyl halides is 1. The summed E-state index contributed by atoms with van der Waals surface area (Å²) in [5, 5.41) is 0. The Balaban J connectivity index is 2.15. The van der Waals surface area contributed by atoms with E-state index in [1.54, 1.807) is 5.56 Å². The summed E-state index contributed by atoms with van der Waals surface area (Å²) in [6, 6.07) is 6.70. The number of benzene rings is 1. The van der Waals surface area contributed by atoms with Crippen molar-refractivity contribution in [3.8, 4) is 0 Å². The first-order chi connectivity index (χ1) is 9.29. The monoisotopic (exact) mass is 336 g/mol. The van der Waals surface area contributed by atoms with Crippen molar-refractivity contribution in [2.24, 2.45) is 17.3 Å². The standard InChI is InChI=1S/C19H29Br/c1-13-7-6-8-14(2)17(13)12-15-11-16(19(3,4)5)9-10-18(15)20/h6-8,15-16,18H,9-12H2,1-5H3. The minimum absolute atomic E-state index is 0.451. The zero-order chi connectivity index (χ0) is 14.9. The summed E-state index contributed by atoms with van der Waals surface area (Å²) in [6.45, 7) is 11.7. The lowest BCUT2D eigenvalue weighted by Crippen LogP contribution is -2.33. The van der Waals surface area contributed by atoms with E-state index < -0.39 is 0 Å². The largest absolute Gasteiger partial charge is 0.0888 e. The SMILES string of the molecule is Cc1cccc(C)c1CC1CC(C(C)(C)C)CCC1Br. The molecule has 0 bridgehead atoms. The summed E-state index contributed by atoms with van der Waals surface area (Å²) >= 11 is 3.96. The van der Waals surface area contributed by atoms with Gasteiger partial charge in [0.05, 0.1) is 0 Å². The van der Waals surface area contributed by atoms with Gasteiger partial charge in [-0.15, -0.1) is 0 Å². The second kappa shape index (κ2) is 6.22. The molecule has 20 heavy (non-hydrogen) atoms. The molecule has 3 unspecified atom stereocenters. The van der Waals surface area contributed by atoms with Gasteiger partial charge in [0.1, 0.15) is 0 Å². The minimum atomic E-state index is 0.451. The van der Waals surface area contributed by atoms with Crippen molar-refractivity contribution >= 4 is 15.9 Å². The molecule has 1 saturated carbocycles. The number of rotatable bonds is 2. The molecule has 3 atom stereocenters. The van der Waals surface area contributed by atoms with Crippen molar-refractivity contribution in [1.82, 2.24) is 0 Å². The van der Waals surface area contributed by atoms with E-state index in [4.69, 9.17) is 0 Å². The summed E-state index contributed by atoms with van der Waals surface area (Å²) in [6.07, 6.45) is 5.31. The predicted molar refractivity (Wildman–Crippen MR) is 92.6 cm³/mol. The van der Waals surface area contributed by atoms with Crippen LogP contribution in [0.4, 0.5) is 0 Å². The maximum absolute atomic E-state index is 3.96. The van der Waals surface area contributed by atoms with Crippen molar-refractivity contribution in [3.63, 3.8) is 0 Å². The maximum Gasteiger partial charge on any atom is 0.0177 e. The lowest BCUT2D eigenvalue weighted by Gasteiger charge is -2.40. The zero-order valence-corrected chi connectivity index (χ0v) is 15.3. The lowest BCUT2D eigenvalue weighted by atomic mass is 9.68. The molecule has 0 spiro atoms. The van der Waals surface area contributed by atoms with Gasteiger partial charge in [-0.3, -0.25) is 0 Å². The highest BCUT2D eigenvalue weighted by Gasteiger charge is 2.35. The molecule has 1 fully saturated rings. The summed E-state index contributed by atoms with van der Waals surface area (Å²) in [4.78, 5) is 0.695. The first-order valence-electron chi connectivity index (χ1n) is 7.98. The van der Waals surface area contributed by atoms with Crippen LogP contribution < -0.4 is 0 Å². The van der Waals surface area contributed by atoms with Gasteiger partial charge in [0, 0.05) is 4.83 Å². The quantitative estimate of drug-likeness (QED) is 0.574. The summed E-state index contributed by atoms with van der Waals surface area (Å²) < 4.78 is 0. The summed E-state index contributed by atoms with van der Waals surface area (Å²) in [7, 11) is 0. The van der Waals surface area contributed by atoms with E-state index in [2.05, 4.69) is 68.7 Å². The van der Waals surface area contributed by atoms with E-state index in [-0.39, 0.29) is 0 Å². The summed E-state index contributed by atoms with van der Waals surface area (Å²) in [5.41, 5.74) is 4.95. The van der Waals surface area contributed by atoms with E-state index in [0.29, 0.717) is 10.2 Å². The Morgan fingerprint density at radius 3 is 2.25 bits per heavy atom. The van der Waals surface area contributed by atoms with Crippen LogP contribution in [0.3, 0.4) is 0 Å². The molecule has 0 saturated heterocycles. The van der Waals surface area contributed by atoms with Crippen molar-refractivity contribution in [2.75, 3.05) is 0 Å². The first kappa shape index (κ1) is 16.1. The second-order valence-corrected chi connectivity index (χ2v) is 8.90. The van der Waals surface area contributed by atoms with Gasteiger partial charge in [-0.25, -0.2) is 0 Å². The number of halogens is 1. The molecule has 1 aromatic carbocycles. The molecule has 1 heteroatoms. The maximum atomic E-state index is 3.96. The highest BCUT2D eigenvalue weighted by Crippen LogP contribution is 2.43. The Morgan fingerprint density at radius 2 is 1.70 bits per heavy atom. The fraction of sp³-hybridized carbons (Fsp3) is 0.684. The van der Waals surface area contributed by atoms with E-state index >= 15 is 0 Å². The smallest absolute Gasteiger partial charge is 0.0177 e. The fourth-order valence-corrected chi connectivity index (χ4v) is 4.33. The van der Waals surface area contributed by atoms with Crippen LogP contribution in [0.15, 0.2) is 18.2 Å². The molecule has 0 nitrogen and oxygen atoms in total. The number of hydrogen-bond donors (Lipinski definition) is 0. The predicted octanol–water partition coefficient (Wildman–Crippen LogP) is 6.07. The molecule has 0 aromatic heterocycles. The zero-order valence-electron chi connectivity index (χ0n) is 13.7. The average Bonchev–Trinajstić information content (AvgIpc) is 2.34. The molecule has 0 N–H and O–H groups in total. The van der Waals surface area contributed by atoms with Gasteiger partial charge in [-0.05, 0) is 73.5 Å². The van der Waals surface area contributed by atoms with Gasteiger partial charge >= 0.3 is 0 Å². The van der Waals surface area contributed by atoms with Crippen molar-refractivity contribution in [3.05, 3.63) is 34.9 Å². The van der Waals surface area contributed by atoms with Crippen LogP contribution in [0.25, 0.3) is 0 Å². The molecule has 0 heterocycles. The lowest BCUT2D eigenvalue weighted by molar-refractivity contribution is 0.146. The highest BCUT2D eigenvalue weighted by molar-refractivity contribution is 9.09. The van der Waals surface area contributed by atoms with Crippen molar-refractivity contribution < 1.29 is 0 Å². The van der Waals surface area contributed by atoms with Crippen LogP contribution in [0, 0.1) is 31.1 Å². The van der Waals surface area contributed by atoms with Crippen molar-refractivity contribution in [1.29, 1.82) is 0 Å². The Morgan fingerprint density at radius 1 is 1.10 bits per heavy atom. The van der Waals surface area contributed by atoms with Crippen LogP contribution in [-0.2, 0) is 6.42 Å². The average molecular weight is 337 g/mol. The molecule has 112 valence electrons. The molecule has 0 amide bonds. The molecule has 1 aliphatic rings. The van der Waals surface area contributed by atoms with Gasteiger partial charge in [-0.2, -0.15) is 0 Å². The Hall–Kier alpha value is -0.300. The van der Waals surface area contributed by atoms with Crippen LogP contribution in [-0.4, -0.2) is 4.83 Å². The van der Waals surface area contributed by atoms with E-state index in [1.807, 2.05) is 0 Å². The third-order valence-electron chi connectivity index (χ3n) is 5.23. The van der Waals surface area contributed by atoms with E-state index in [0.717, 1.165) is 11.8 Å². The molecule has 0 radical (unpaired) electrons. The minimum Gasteiger partial charge on any atom is -0.0888 e. The molecular formula is C19H29Br. The van der Waals surface area contributed by atoms with Crippen LogP contribution >= 0.6 is 15.9 Å². The van der Waals surface area contributed by atoms with Gasteiger partial charge in [0.2, 0.25) is 0 Å². The second-order valence-electron chi connectivity index (χ2n) is 7.73. The highest BCUT2D eigenvalue weighted by atomic mass is 79.9. The Bertz CT molecular complexity index is 435. The number of aryl methyl sites for hydroxylation is 2. The number of hydrogen-bond acceptors (Lipinski definition) is 0. The first-order valence-corrected chi connectivity index (χ1v) is 8.89.